The first-order valence-corrected chi connectivity index (χ1v) is 38.1. The molecule has 12 rings (SSSR count). The number of carbonyl (C=O) groups is 8. The van der Waals surface area contributed by atoms with Gasteiger partial charge < -0.3 is 55.1 Å². The lowest BCUT2D eigenvalue weighted by atomic mass is 9.85. The number of ether oxygens (including phenoxy) is 4. The topological polar surface area (TPSA) is 380 Å². The van der Waals surface area contributed by atoms with E-state index in [1.54, 1.807) is 81.7 Å². The van der Waals surface area contributed by atoms with E-state index in [0.717, 1.165) is 64.2 Å². The van der Waals surface area contributed by atoms with Gasteiger partial charge in [-0.2, -0.15) is 0 Å². The number of benzene rings is 2. The molecule has 2 aliphatic heterocycles. The van der Waals surface area contributed by atoms with Gasteiger partial charge in [0.2, 0.25) is 43.7 Å². The number of nitrogens with zero attached hydrogens (tertiary/aromatic N) is 4. The highest BCUT2D eigenvalue weighted by molar-refractivity contribution is 7.91. The van der Waals surface area contributed by atoms with Crippen molar-refractivity contribution in [1.29, 1.82) is 0 Å². The highest BCUT2D eigenvalue weighted by atomic mass is 35.5. The van der Waals surface area contributed by atoms with E-state index in [2.05, 4.69) is 49.1 Å². The number of halogens is 2. The number of carboxylic acids is 1. The van der Waals surface area contributed by atoms with Crippen molar-refractivity contribution in [2.45, 2.75) is 214 Å². The van der Waals surface area contributed by atoms with Gasteiger partial charge in [0.15, 0.2) is 0 Å². The third-order valence-corrected chi connectivity index (χ3v) is 23.5. The number of nitrogens with one attached hydrogen (secondary N) is 5. The van der Waals surface area contributed by atoms with Crippen LogP contribution in [0.25, 0.3) is 21.8 Å². The Morgan fingerprint density at radius 1 is 0.604 bits per heavy atom. The van der Waals surface area contributed by atoms with Gasteiger partial charge in [-0.25, -0.2) is 36.4 Å². The highest BCUT2D eigenvalue weighted by Crippen LogP contribution is 2.47. The first-order chi connectivity index (χ1) is 47.5. The van der Waals surface area contributed by atoms with E-state index in [9.17, 15) is 60.3 Å². The van der Waals surface area contributed by atoms with Crippen molar-refractivity contribution in [3.63, 3.8) is 0 Å². The van der Waals surface area contributed by atoms with Crippen LogP contribution in [0.2, 0.25) is 10.0 Å². The number of sulfonamides is 2. The molecular formula is C70H90Cl2N10O17S2. The zero-order chi connectivity index (χ0) is 73.3. The molecule has 27 nitrogen and oxygen atoms in total. The van der Waals surface area contributed by atoms with Crippen LogP contribution in [0.5, 0.6) is 11.5 Å². The summed E-state index contributed by atoms with van der Waals surface area (Å²) >= 11 is 12.3. The molecule has 2 aromatic heterocycles. The lowest BCUT2D eigenvalue weighted by Crippen LogP contribution is -2.60. The van der Waals surface area contributed by atoms with Crippen molar-refractivity contribution in [3.05, 3.63) is 96.3 Å². The molecule has 0 radical (unpaired) electrons. The molecule has 101 heavy (non-hydrogen) atoms. The van der Waals surface area contributed by atoms with Crippen molar-refractivity contribution in [3.8, 4) is 11.5 Å². The molecule has 2 saturated heterocycles. The van der Waals surface area contributed by atoms with Gasteiger partial charge >= 0.3 is 18.2 Å². The van der Waals surface area contributed by atoms with Gasteiger partial charge in [-0.3, -0.25) is 38.7 Å². The molecule has 548 valence electrons. The fraction of sp³-hybridized carbons (Fsp3) is 0.571. The van der Waals surface area contributed by atoms with Gasteiger partial charge in [0.25, 0.3) is 5.91 Å². The Kier molecular flexibility index (Phi) is 22.7. The number of nitrogens with two attached hydrogens (primary N) is 1. The van der Waals surface area contributed by atoms with Crippen LogP contribution in [-0.2, 0) is 58.3 Å². The second-order valence-electron chi connectivity index (χ2n) is 29.7. The van der Waals surface area contributed by atoms with E-state index in [1.807, 2.05) is 20.8 Å². The first kappa shape index (κ1) is 75.8. The van der Waals surface area contributed by atoms with Crippen LogP contribution in [0.1, 0.15) is 144 Å². The lowest BCUT2D eigenvalue weighted by Gasteiger charge is -2.35. The SMILES string of the molecule is C=C[C@@H]1C[C@]1(NC(=O)[C@@H]1C[C@@H](Oc2ccnc3cc(Cl)ccc23)CN1C(=O)[C@@H](NC(=O)OC1CCCC1)C(C)(C)C)C(=O)NS(=O)(=O)C1CC1.C=C[C@@H]1C[C@]1(NC(=O)[C@@H]1C[C@@H](Oc2ccnc3cc(Cl)ccc23)CN1C(=O)[C@@H](NC(=O)OC1CCCC1)C(C)(C)C)C(=O)O.NS(=O)(=O)C1CC1. The molecule has 31 heteroatoms. The van der Waals surface area contributed by atoms with Crippen LogP contribution in [0.3, 0.4) is 0 Å². The van der Waals surface area contributed by atoms with Crippen LogP contribution in [0, 0.1) is 22.7 Å². The molecule has 7 amide bonds. The monoisotopic (exact) mass is 1480 g/mol. The summed E-state index contributed by atoms with van der Waals surface area (Å²) in [6, 6.07) is 9.54. The molecule has 2 aromatic carbocycles. The lowest BCUT2D eigenvalue weighted by molar-refractivity contribution is -0.146. The molecule has 8 aliphatic rings. The molecule has 6 saturated carbocycles. The zero-order valence-electron chi connectivity index (χ0n) is 57.4. The molecular weight excluding hydrogens is 1390 g/mol. The van der Waals surface area contributed by atoms with E-state index in [1.165, 1.54) is 22.0 Å². The van der Waals surface area contributed by atoms with Crippen molar-refractivity contribution in [2.24, 2.45) is 27.8 Å². The number of aromatic nitrogens is 2. The molecule has 0 unspecified atom stereocenters. The minimum atomic E-state index is -3.89. The quantitative estimate of drug-likeness (QED) is 0.0390. The van der Waals surface area contributed by atoms with Crippen molar-refractivity contribution >= 4 is 113 Å². The third kappa shape index (κ3) is 18.1. The van der Waals surface area contributed by atoms with Gasteiger partial charge in [-0.05, 0) is 149 Å². The Balaban J connectivity index is 0.000000200. The van der Waals surface area contributed by atoms with Crippen LogP contribution in [0.15, 0.2) is 86.2 Å². The summed E-state index contributed by atoms with van der Waals surface area (Å²) in [4.78, 5) is 120. The van der Waals surface area contributed by atoms with E-state index in [-0.39, 0.29) is 56.2 Å². The van der Waals surface area contributed by atoms with Gasteiger partial charge in [-0.1, -0.05) is 76.9 Å². The number of pyridine rings is 2. The third-order valence-electron chi connectivity index (χ3n) is 19.8. The molecule has 10 atom stereocenters. The fourth-order valence-electron chi connectivity index (χ4n) is 13.5. The number of hydrogen-bond acceptors (Lipinski definition) is 18. The Labute approximate surface area is 597 Å². The number of hydrogen-bond donors (Lipinski definition) is 7. The van der Waals surface area contributed by atoms with Crippen LogP contribution in [-0.4, -0.2) is 173 Å². The van der Waals surface area contributed by atoms with E-state index in [4.69, 9.17) is 47.3 Å². The number of aliphatic carboxylic acids is 1. The number of fused-ring (bicyclic) bond motifs is 2. The first-order valence-electron chi connectivity index (χ1n) is 34.2. The maximum Gasteiger partial charge on any atom is 0.408 e. The largest absolute Gasteiger partial charge is 0.488 e. The fourth-order valence-corrected chi connectivity index (χ4v) is 16.0. The summed E-state index contributed by atoms with van der Waals surface area (Å²) < 4.78 is 71.8. The molecule has 8 fully saturated rings. The van der Waals surface area contributed by atoms with Crippen LogP contribution >= 0.6 is 23.2 Å². The van der Waals surface area contributed by atoms with Crippen LogP contribution < -0.4 is 40.6 Å². The predicted molar refractivity (Wildman–Crippen MR) is 375 cm³/mol. The maximum atomic E-state index is 14.5. The summed E-state index contributed by atoms with van der Waals surface area (Å²) in [5.74, 6) is -4.22. The summed E-state index contributed by atoms with van der Waals surface area (Å²) in [7, 11) is -7.02. The number of likely N-dealkylation sites (tertiary alicyclic amines) is 2. The van der Waals surface area contributed by atoms with Crippen LogP contribution in [0.4, 0.5) is 9.59 Å². The van der Waals surface area contributed by atoms with E-state index < -0.39 is 143 Å². The summed E-state index contributed by atoms with van der Waals surface area (Å²) in [5.41, 5.74) is -3.30. The average Bonchev–Trinajstić information content (AvgIpc) is 1.59. The van der Waals surface area contributed by atoms with Gasteiger partial charge in [-0.15, -0.1) is 13.2 Å². The van der Waals surface area contributed by atoms with Gasteiger partial charge in [0.1, 0.15) is 71.2 Å². The number of carboxylic acid groups (broad SMARTS) is 1. The van der Waals surface area contributed by atoms with Crippen molar-refractivity contribution in [1.82, 2.24) is 45.8 Å². The van der Waals surface area contributed by atoms with Gasteiger partial charge in [0, 0.05) is 57.9 Å². The van der Waals surface area contributed by atoms with Crippen molar-refractivity contribution < 1.29 is 79.2 Å². The second kappa shape index (κ2) is 30.2. The predicted octanol–water partition coefficient (Wildman–Crippen LogP) is 7.89. The number of amides is 7. The highest BCUT2D eigenvalue weighted by Gasteiger charge is 2.63. The minimum Gasteiger partial charge on any atom is -0.488 e. The maximum absolute atomic E-state index is 14.5. The normalized spacial score (nSPS) is 25.6. The van der Waals surface area contributed by atoms with E-state index in [0.29, 0.717) is 56.2 Å². The molecule has 8 N–H and O–H groups in total. The smallest absolute Gasteiger partial charge is 0.408 e. The Hall–Kier alpha value is -7.86. The summed E-state index contributed by atoms with van der Waals surface area (Å²) in [6.45, 7) is 18.3. The number of rotatable bonds is 21. The second-order valence-corrected chi connectivity index (χ2v) is 34.4. The van der Waals surface area contributed by atoms with Gasteiger partial charge in [0.05, 0.1) is 34.6 Å². The zero-order valence-corrected chi connectivity index (χ0v) is 60.6. The Bertz CT molecular complexity index is 4120. The minimum absolute atomic E-state index is 0.0135. The molecule has 6 aliphatic carbocycles. The number of alkyl carbamates (subject to hydrolysis) is 2. The standard InChI is InChI=1S/C35H44ClN5O8S.C32H39ClN4O7.C3H7NO2S/c1-5-20-18-35(20,32(44)40-50(46,47)24-11-12-24)39-30(42)27-17-23(48-28-14-15-37-26-16-21(36)10-13-25(26)28)19-41(27)31(43)29(34(2,3)4)38-33(45)49-22-8-6-7-9-22;1-5-18-16-32(18,29(40)41)36-27(38)24-15-21(43-25-12-13-34-23-14-19(33)10-11-22(23)25)17-37(24)28(39)26(31(2,3)4)35-30(42)44-20-8-6-7-9-20;4-7(5,6)3-1-2-3/h5,10,13-16,20,22-24,27,29H,1,6-9,11-12,17-19H2,2-4H3,(H,38,45)(H,39,42)(H,40,44);5,10-14,18,20-21,24,26H,1,6-9,15-17H2,2-4H3,(H,35,42)(H,36,38)(H,40,41);3H,1-2H2,(H2,4,5,6)/t20-,23-,27+,29-,35-;18-,21-,24+,26-,32-;/m11./s1. The van der Waals surface area contributed by atoms with Crippen molar-refractivity contribution in [2.75, 3.05) is 13.1 Å². The Morgan fingerprint density at radius 3 is 1.35 bits per heavy atom. The number of primary sulfonamides is 1. The molecule has 0 bridgehead atoms. The summed E-state index contributed by atoms with van der Waals surface area (Å²) in [6.07, 6.45) is 13.0. The molecule has 0 spiro atoms. The Morgan fingerprint density at radius 2 is 1.00 bits per heavy atom. The molecule has 4 heterocycles. The summed E-state index contributed by atoms with van der Waals surface area (Å²) in [5, 5.41) is 27.2. The number of carbonyl (C=O) groups excluding carboxylic acids is 7. The molecule has 4 aromatic rings. The van der Waals surface area contributed by atoms with E-state index >= 15 is 0 Å². The average molecular weight is 1480 g/mol.